The molecule has 8 heteroatoms. The Balaban J connectivity index is 1.44. The highest BCUT2D eigenvalue weighted by Crippen LogP contribution is 2.30. The molecule has 0 saturated heterocycles. The van der Waals surface area contributed by atoms with E-state index in [4.69, 9.17) is 9.47 Å². The Bertz CT molecular complexity index is 1030. The Kier molecular flexibility index (Phi) is 7.87. The number of phenolic OH excluding ortho intramolecular Hbond substituents is 1. The number of hydrogen-bond acceptors (Lipinski definition) is 5. The predicted octanol–water partition coefficient (Wildman–Crippen LogP) is 5.03. The Hall–Kier alpha value is -2.84. The van der Waals surface area contributed by atoms with Crippen molar-refractivity contribution >= 4 is 44.0 Å². The number of carbonyl (C=O) groups excluding carboxylic acids is 1. The van der Waals surface area contributed by atoms with Gasteiger partial charge in [0.15, 0.2) is 6.61 Å². The van der Waals surface area contributed by atoms with Gasteiger partial charge in [-0.1, -0.05) is 46.3 Å². The number of hydrogen-bond donors (Lipinski definition) is 2. The van der Waals surface area contributed by atoms with Crippen LogP contribution in [-0.2, 0) is 11.4 Å². The van der Waals surface area contributed by atoms with Crippen molar-refractivity contribution in [3.63, 3.8) is 0 Å². The summed E-state index contributed by atoms with van der Waals surface area (Å²) in [7, 11) is 0. The van der Waals surface area contributed by atoms with Gasteiger partial charge >= 0.3 is 0 Å². The van der Waals surface area contributed by atoms with Crippen molar-refractivity contribution in [3.8, 4) is 17.2 Å². The third kappa shape index (κ3) is 6.60. The third-order valence-corrected chi connectivity index (χ3v) is 4.95. The monoisotopic (exact) mass is 532 g/mol. The maximum atomic E-state index is 11.9. The molecule has 0 aliphatic rings. The van der Waals surface area contributed by atoms with E-state index >= 15 is 0 Å². The number of rotatable bonds is 8. The molecule has 0 unspecified atom stereocenters. The Morgan fingerprint density at radius 1 is 1.00 bits per heavy atom. The number of nitrogens with zero attached hydrogens (tertiary/aromatic N) is 1. The number of hydrazone groups is 1. The first-order valence-electron chi connectivity index (χ1n) is 8.91. The van der Waals surface area contributed by atoms with Gasteiger partial charge in [0.25, 0.3) is 5.91 Å². The summed E-state index contributed by atoms with van der Waals surface area (Å²) in [6.07, 6.45) is 1.35. The molecule has 154 valence electrons. The van der Waals surface area contributed by atoms with E-state index in [0.717, 1.165) is 10.0 Å². The second kappa shape index (κ2) is 10.8. The van der Waals surface area contributed by atoms with Gasteiger partial charge in [-0.25, -0.2) is 5.43 Å². The molecule has 0 bridgehead atoms. The summed E-state index contributed by atoms with van der Waals surface area (Å²) in [4.78, 5) is 11.9. The second-order valence-corrected chi connectivity index (χ2v) is 7.92. The SMILES string of the molecule is O=C(COc1ccc(OCc2ccccc2)cc1)N/N=C\c1cc(Br)cc(Br)c1O. The summed E-state index contributed by atoms with van der Waals surface area (Å²) < 4.78 is 12.4. The van der Waals surface area contributed by atoms with Crippen LogP contribution in [0, 0.1) is 0 Å². The minimum Gasteiger partial charge on any atom is -0.506 e. The van der Waals surface area contributed by atoms with Gasteiger partial charge in [-0.3, -0.25) is 4.79 Å². The molecule has 6 nitrogen and oxygen atoms in total. The van der Waals surface area contributed by atoms with E-state index in [9.17, 15) is 9.90 Å². The van der Waals surface area contributed by atoms with E-state index in [1.165, 1.54) is 6.21 Å². The zero-order chi connectivity index (χ0) is 21.3. The summed E-state index contributed by atoms with van der Waals surface area (Å²) in [5.74, 6) is 0.848. The zero-order valence-electron chi connectivity index (χ0n) is 15.7. The van der Waals surface area contributed by atoms with Crippen LogP contribution in [0.4, 0.5) is 0 Å². The van der Waals surface area contributed by atoms with Crippen LogP contribution in [-0.4, -0.2) is 23.8 Å². The van der Waals surface area contributed by atoms with Crippen LogP contribution >= 0.6 is 31.9 Å². The van der Waals surface area contributed by atoms with Crippen LogP contribution in [0.2, 0.25) is 0 Å². The number of benzene rings is 3. The number of halogens is 2. The van der Waals surface area contributed by atoms with Gasteiger partial charge in [0, 0.05) is 10.0 Å². The minimum absolute atomic E-state index is 0.0296. The Morgan fingerprint density at radius 2 is 1.67 bits per heavy atom. The number of ether oxygens (including phenoxy) is 2. The van der Waals surface area contributed by atoms with Gasteiger partial charge in [-0.15, -0.1) is 0 Å². The Morgan fingerprint density at radius 3 is 2.37 bits per heavy atom. The van der Waals surface area contributed by atoms with E-state index in [1.54, 1.807) is 36.4 Å². The fourth-order valence-electron chi connectivity index (χ4n) is 2.41. The smallest absolute Gasteiger partial charge is 0.277 e. The maximum absolute atomic E-state index is 11.9. The van der Waals surface area contributed by atoms with Crippen molar-refractivity contribution in [3.05, 3.63) is 86.8 Å². The third-order valence-electron chi connectivity index (χ3n) is 3.89. The number of phenols is 1. The fraction of sp³-hybridized carbons (Fsp3) is 0.0909. The van der Waals surface area contributed by atoms with Gasteiger partial charge in [-0.05, 0) is 57.9 Å². The number of nitrogens with one attached hydrogen (secondary N) is 1. The average molecular weight is 534 g/mol. The van der Waals surface area contributed by atoms with Crippen LogP contribution in [0.25, 0.3) is 0 Å². The van der Waals surface area contributed by atoms with Gasteiger partial charge in [-0.2, -0.15) is 5.10 Å². The van der Waals surface area contributed by atoms with Crippen molar-refractivity contribution in [2.24, 2.45) is 5.10 Å². The van der Waals surface area contributed by atoms with Crippen LogP contribution < -0.4 is 14.9 Å². The first kappa shape index (κ1) is 21.9. The molecule has 0 saturated carbocycles. The molecule has 3 rings (SSSR count). The van der Waals surface area contributed by atoms with Gasteiger partial charge in [0.2, 0.25) is 0 Å². The fourth-order valence-corrected chi connectivity index (χ4v) is 3.67. The summed E-state index contributed by atoms with van der Waals surface area (Å²) in [6.45, 7) is 0.279. The molecule has 0 spiro atoms. The molecule has 3 aromatic carbocycles. The van der Waals surface area contributed by atoms with Gasteiger partial charge in [0.05, 0.1) is 10.7 Å². The minimum atomic E-state index is -0.427. The maximum Gasteiger partial charge on any atom is 0.277 e. The van der Waals surface area contributed by atoms with Crippen LogP contribution in [0.5, 0.6) is 17.2 Å². The second-order valence-electron chi connectivity index (χ2n) is 6.15. The van der Waals surface area contributed by atoms with E-state index in [-0.39, 0.29) is 12.4 Å². The summed E-state index contributed by atoms with van der Waals surface area (Å²) in [5, 5.41) is 13.8. The molecule has 0 aromatic heterocycles. The largest absolute Gasteiger partial charge is 0.506 e. The molecule has 0 fully saturated rings. The molecule has 0 radical (unpaired) electrons. The van der Waals surface area contributed by atoms with Crippen molar-refractivity contribution in [2.45, 2.75) is 6.61 Å². The predicted molar refractivity (Wildman–Crippen MR) is 122 cm³/mol. The molecule has 2 N–H and O–H groups in total. The standard InChI is InChI=1S/C22H18Br2N2O4/c23-17-10-16(22(28)20(24)11-17)12-25-26-21(27)14-30-19-8-6-18(7-9-19)29-13-15-4-2-1-3-5-15/h1-12,28H,13-14H2,(H,26,27)/b25-12-. The zero-order valence-corrected chi connectivity index (χ0v) is 18.9. The molecule has 0 heterocycles. The highest BCUT2D eigenvalue weighted by Gasteiger charge is 2.06. The lowest BCUT2D eigenvalue weighted by Crippen LogP contribution is -2.24. The van der Waals surface area contributed by atoms with Gasteiger partial charge < -0.3 is 14.6 Å². The average Bonchev–Trinajstić information content (AvgIpc) is 2.75. The molecule has 0 aliphatic carbocycles. The molecule has 30 heavy (non-hydrogen) atoms. The summed E-state index contributed by atoms with van der Waals surface area (Å²) >= 11 is 6.56. The molecular weight excluding hydrogens is 516 g/mol. The van der Waals surface area contributed by atoms with Crippen molar-refractivity contribution < 1.29 is 19.4 Å². The quantitative estimate of drug-likeness (QED) is 0.314. The number of amides is 1. The topological polar surface area (TPSA) is 80.2 Å². The highest BCUT2D eigenvalue weighted by molar-refractivity contribution is 9.11. The summed E-state index contributed by atoms with van der Waals surface area (Å²) in [6, 6.07) is 20.3. The first-order valence-corrected chi connectivity index (χ1v) is 10.5. The first-order chi connectivity index (χ1) is 14.5. The lowest BCUT2D eigenvalue weighted by Gasteiger charge is -2.08. The van der Waals surface area contributed by atoms with Crippen molar-refractivity contribution in [2.75, 3.05) is 6.61 Å². The molecule has 0 atom stereocenters. The normalized spacial score (nSPS) is 10.7. The van der Waals surface area contributed by atoms with Crippen LogP contribution in [0.15, 0.2) is 80.8 Å². The lowest BCUT2D eigenvalue weighted by molar-refractivity contribution is -0.123. The lowest BCUT2D eigenvalue weighted by atomic mass is 10.2. The number of carbonyl (C=O) groups is 1. The highest BCUT2D eigenvalue weighted by atomic mass is 79.9. The van der Waals surface area contributed by atoms with E-state index < -0.39 is 5.91 Å². The number of aromatic hydroxyl groups is 1. The molecule has 0 aliphatic heterocycles. The molecule has 3 aromatic rings. The molecule has 1 amide bonds. The van der Waals surface area contributed by atoms with Crippen LogP contribution in [0.3, 0.4) is 0 Å². The van der Waals surface area contributed by atoms with Crippen molar-refractivity contribution in [1.29, 1.82) is 0 Å². The van der Waals surface area contributed by atoms with Crippen molar-refractivity contribution in [1.82, 2.24) is 5.43 Å². The van der Waals surface area contributed by atoms with Crippen LogP contribution in [0.1, 0.15) is 11.1 Å². The van der Waals surface area contributed by atoms with E-state index in [2.05, 4.69) is 42.4 Å². The molecular formula is C22H18Br2N2O4. The van der Waals surface area contributed by atoms with E-state index in [0.29, 0.717) is 28.1 Å². The van der Waals surface area contributed by atoms with E-state index in [1.807, 2.05) is 30.3 Å². The summed E-state index contributed by atoms with van der Waals surface area (Å²) in [5.41, 5.74) is 3.89. The Labute approximate surface area is 190 Å². The van der Waals surface area contributed by atoms with Gasteiger partial charge in [0.1, 0.15) is 23.9 Å².